The molecule has 0 atom stereocenters. The lowest BCUT2D eigenvalue weighted by Crippen LogP contribution is -1.99. The molecule has 28 heavy (non-hydrogen) atoms. The normalized spacial score (nSPS) is 11.0. The Kier molecular flexibility index (Phi) is 5.16. The predicted molar refractivity (Wildman–Crippen MR) is 111 cm³/mol. The second-order valence-corrected chi connectivity index (χ2v) is 7.39. The number of hydrogen-bond donors (Lipinski definition) is 0. The van der Waals surface area contributed by atoms with E-state index in [1.165, 1.54) is 5.56 Å². The minimum Gasteiger partial charge on any atom is -0.495 e. The summed E-state index contributed by atoms with van der Waals surface area (Å²) in [6, 6.07) is 18.4. The first-order chi connectivity index (χ1) is 13.7. The van der Waals surface area contributed by atoms with Crippen molar-refractivity contribution in [1.82, 2.24) is 24.5 Å². The van der Waals surface area contributed by atoms with E-state index in [1.54, 1.807) is 25.2 Å². The number of aromatic nitrogens is 5. The van der Waals surface area contributed by atoms with Crippen LogP contribution in [-0.2, 0) is 5.75 Å². The molecule has 0 bridgehead atoms. The van der Waals surface area contributed by atoms with Crippen molar-refractivity contribution in [2.45, 2.75) is 24.8 Å². The van der Waals surface area contributed by atoms with Crippen molar-refractivity contribution < 1.29 is 4.74 Å². The number of hydrogen-bond acceptors (Lipinski definition) is 5. The zero-order valence-corrected chi connectivity index (χ0v) is 16.8. The highest BCUT2D eigenvalue weighted by molar-refractivity contribution is 7.98. The number of nitrogens with zero attached hydrogens (tertiary/aromatic N) is 5. The number of benzene rings is 2. The smallest absolute Gasteiger partial charge is 0.196 e. The number of thioether (sulfide) groups is 1. The summed E-state index contributed by atoms with van der Waals surface area (Å²) < 4.78 is 9.37. The van der Waals surface area contributed by atoms with Crippen molar-refractivity contribution in [3.8, 4) is 17.1 Å². The van der Waals surface area contributed by atoms with Gasteiger partial charge in [0.15, 0.2) is 5.16 Å². The zero-order chi connectivity index (χ0) is 19.5. The van der Waals surface area contributed by atoms with Crippen molar-refractivity contribution in [1.29, 1.82) is 0 Å². The average Bonchev–Trinajstić information content (AvgIpc) is 3.32. The van der Waals surface area contributed by atoms with Crippen molar-refractivity contribution in [2.24, 2.45) is 0 Å². The third-order valence-corrected chi connectivity index (χ3v) is 5.43. The molecule has 0 aliphatic rings. The second kappa shape index (κ2) is 7.90. The van der Waals surface area contributed by atoms with E-state index in [0.717, 1.165) is 39.4 Å². The summed E-state index contributed by atoms with van der Waals surface area (Å²) in [6.45, 7) is 4.07. The highest BCUT2D eigenvalue weighted by Crippen LogP contribution is 2.28. The van der Waals surface area contributed by atoms with Crippen molar-refractivity contribution in [3.05, 3.63) is 77.9 Å². The first kappa shape index (κ1) is 18.3. The fourth-order valence-corrected chi connectivity index (χ4v) is 3.97. The van der Waals surface area contributed by atoms with E-state index >= 15 is 0 Å². The van der Waals surface area contributed by atoms with E-state index in [0.29, 0.717) is 0 Å². The van der Waals surface area contributed by atoms with Gasteiger partial charge in [0.2, 0.25) is 0 Å². The molecule has 0 aliphatic carbocycles. The Hall–Kier alpha value is -3.06. The fraction of sp³-hybridized carbons (Fsp3) is 0.190. The van der Waals surface area contributed by atoms with Gasteiger partial charge < -0.3 is 4.74 Å². The van der Waals surface area contributed by atoms with Crippen LogP contribution in [0.3, 0.4) is 0 Å². The van der Waals surface area contributed by atoms with Crippen LogP contribution in [0, 0.1) is 13.8 Å². The molecule has 0 saturated heterocycles. The SMILES string of the molecule is COc1ccccc1-n1cnnc1SCc1ccc(-n2nc(C)cc2C)cc1. The Balaban J connectivity index is 1.50. The lowest BCUT2D eigenvalue weighted by molar-refractivity contribution is 0.412. The van der Waals surface area contributed by atoms with Crippen LogP contribution in [-0.4, -0.2) is 31.7 Å². The monoisotopic (exact) mass is 391 g/mol. The first-order valence-electron chi connectivity index (χ1n) is 8.94. The van der Waals surface area contributed by atoms with Crippen LogP contribution >= 0.6 is 11.8 Å². The van der Waals surface area contributed by atoms with Gasteiger partial charge in [0.1, 0.15) is 12.1 Å². The Morgan fingerprint density at radius 1 is 1.04 bits per heavy atom. The van der Waals surface area contributed by atoms with Gasteiger partial charge in [0.25, 0.3) is 0 Å². The molecule has 0 aliphatic heterocycles. The quantitative estimate of drug-likeness (QED) is 0.457. The van der Waals surface area contributed by atoms with Crippen LogP contribution in [0.25, 0.3) is 11.4 Å². The Morgan fingerprint density at radius 3 is 2.54 bits per heavy atom. The van der Waals surface area contributed by atoms with Crippen LogP contribution in [0.2, 0.25) is 0 Å². The van der Waals surface area contributed by atoms with Crippen LogP contribution in [0.1, 0.15) is 17.0 Å². The van der Waals surface area contributed by atoms with Gasteiger partial charge in [0, 0.05) is 11.4 Å². The van der Waals surface area contributed by atoms with Gasteiger partial charge in [-0.15, -0.1) is 10.2 Å². The molecular weight excluding hydrogens is 370 g/mol. The topological polar surface area (TPSA) is 57.8 Å². The number of ether oxygens (including phenoxy) is 1. The number of para-hydroxylation sites is 2. The predicted octanol–water partition coefficient (Wildman–Crippen LogP) is 4.37. The molecule has 0 unspecified atom stereocenters. The molecule has 0 radical (unpaired) electrons. The van der Waals surface area contributed by atoms with E-state index < -0.39 is 0 Å². The summed E-state index contributed by atoms with van der Waals surface area (Å²) in [4.78, 5) is 0. The van der Waals surface area contributed by atoms with Gasteiger partial charge in [-0.25, -0.2) is 4.68 Å². The molecule has 4 rings (SSSR count). The van der Waals surface area contributed by atoms with E-state index in [4.69, 9.17) is 4.74 Å². The molecule has 0 fully saturated rings. The lowest BCUT2D eigenvalue weighted by atomic mass is 10.2. The summed E-state index contributed by atoms with van der Waals surface area (Å²) >= 11 is 1.64. The average molecular weight is 392 g/mol. The van der Waals surface area contributed by atoms with Gasteiger partial charge in [0.05, 0.1) is 24.2 Å². The van der Waals surface area contributed by atoms with E-state index in [1.807, 2.05) is 40.4 Å². The number of rotatable bonds is 6. The second-order valence-electron chi connectivity index (χ2n) is 6.45. The van der Waals surface area contributed by atoms with Crippen LogP contribution in [0.15, 0.2) is 66.1 Å². The van der Waals surface area contributed by atoms with Crippen molar-refractivity contribution >= 4 is 11.8 Å². The number of aryl methyl sites for hydroxylation is 2. The molecular formula is C21H21N5OS. The van der Waals surface area contributed by atoms with E-state index in [2.05, 4.69) is 52.6 Å². The fourth-order valence-electron chi connectivity index (χ4n) is 3.09. The van der Waals surface area contributed by atoms with Gasteiger partial charge in [-0.2, -0.15) is 5.10 Å². The minimum atomic E-state index is 0.790. The third kappa shape index (κ3) is 3.66. The van der Waals surface area contributed by atoms with Gasteiger partial charge in [-0.3, -0.25) is 4.57 Å². The zero-order valence-electron chi connectivity index (χ0n) is 16.0. The summed E-state index contributed by atoms with van der Waals surface area (Å²) in [7, 11) is 1.67. The Bertz CT molecular complexity index is 1080. The van der Waals surface area contributed by atoms with E-state index in [-0.39, 0.29) is 0 Å². The highest BCUT2D eigenvalue weighted by Gasteiger charge is 2.11. The molecule has 6 nitrogen and oxygen atoms in total. The maximum Gasteiger partial charge on any atom is 0.196 e. The third-order valence-electron chi connectivity index (χ3n) is 4.42. The Morgan fingerprint density at radius 2 is 1.82 bits per heavy atom. The first-order valence-corrected chi connectivity index (χ1v) is 9.93. The lowest BCUT2D eigenvalue weighted by Gasteiger charge is -2.11. The van der Waals surface area contributed by atoms with Crippen LogP contribution < -0.4 is 4.74 Å². The van der Waals surface area contributed by atoms with Gasteiger partial charge in [-0.1, -0.05) is 36.0 Å². The molecule has 4 aromatic rings. The maximum absolute atomic E-state index is 5.46. The summed E-state index contributed by atoms with van der Waals surface area (Å²) in [5.41, 5.74) is 5.36. The summed E-state index contributed by atoms with van der Waals surface area (Å²) in [6.07, 6.45) is 1.71. The summed E-state index contributed by atoms with van der Waals surface area (Å²) in [5, 5.41) is 13.7. The Labute approximate surface area is 168 Å². The van der Waals surface area contributed by atoms with Crippen LogP contribution in [0.4, 0.5) is 0 Å². The molecule has 7 heteroatoms. The molecule has 0 spiro atoms. The van der Waals surface area contributed by atoms with Crippen molar-refractivity contribution in [3.63, 3.8) is 0 Å². The van der Waals surface area contributed by atoms with Gasteiger partial charge >= 0.3 is 0 Å². The molecule has 2 aromatic heterocycles. The van der Waals surface area contributed by atoms with Crippen LogP contribution in [0.5, 0.6) is 5.75 Å². The van der Waals surface area contributed by atoms with Gasteiger partial charge in [-0.05, 0) is 49.7 Å². The summed E-state index contributed by atoms with van der Waals surface area (Å²) in [5.74, 6) is 1.59. The molecule has 0 N–H and O–H groups in total. The van der Waals surface area contributed by atoms with E-state index in [9.17, 15) is 0 Å². The molecule has 0 saturated carbocycles. The largest absolute Gasteiger partial charge is 0.495 e. The minimum absolute atomic E-state index is 0.790. The standard InChI is InChI=1S/C21H21N5OS/c1-15-12-16(2)26(24-15)18-10-8-17(9-11-18)13-28-21-23-22-14-25(21)19-6-4-5-7-20(19)27-3/h4-12,14H,13H2,1-3H3. The molecule has 0 amide bonds. The van der Waals surface area contributed by atoms with Crippen molar-refractivity contribution in [2.75, 3.05) is 7.11 Å². The number of methoxy groups -OCH3 is 1. The molecule has 2 aromatic carbocycles. The maximum atomic E-state index is 5.46. The molecule has 2 heterocycles. The highest BCUT2D eigenvalue weighted by atomic mass is 32.2. The molecule has 142 valence electrons.